The lowest BCUT2D eigenvalue weighted by Crippen LogP contribution is -2.41. The van der Waals surface area contributed by atoms with Crippen LogP contribution in [-0.4, -0.2) is 38.9 Å². The average Bonchev–Trinajstić information content (AvgIpc) is 3.37. The number of benzene rings is 3. The number of sulfonamides is 1. The molecule has 0 bridgehead atoms. The minimum absolute atomic E-state index is 0.155. The number of anilines is 1. The van der Waals surface area contributed by atoms with Crippen LogP contribution in [0.3, 0.4) is 0 Å². The van der Waals surface area contributed by atoms with E-state index < -0.39 is 10.0 Å². The van der Waals surface area contributed by atoms with Crippen LogP contribution >= 0.6 is 0 Å². The maximum Gasteiger partial charge on any atom is 0.264 e. The second-order valence-electron chi connectivity index (χ2n) is 9.12. The van der Waals surface area contributed by atoms with Crippen molar-refractivity contribution in [2.75, 3.05) is 23.9 Å². The van der Waals surface area contributed by atoms with E-state index in [9.17, 15) is 13.2 Å². The van der Waals surface area contributed by atoms with Crippen molar-refractivity contribution < 1.29 is 13.2 Å². The summed E-state index contributed by atoms with van der Waals surface area (Å²) in [5, 5.41) is 2.89. The fourth-order valence-electron chi connectivity index (χ4n) is 4.37. The summed E-state index contributed by atoms with van der Waals surface area (Å²) in [5.41, 5.74) is 4.54. The summed E-state index contributed by atoms with van der Waals surface area (Å²) in [5.74, 6) is -0.355. The van der Waals surface area contributed by atoms with E-state index in [0.717, 1.165) is 36.3 Å². The lowest BCUT2D eigenvalue weighted by Gasteiger charge is -2.26. The fourth-order valence-corrected chi connectivity index (χ4v) is 5.87. The summed E-state index contributed by atoms with van der Waals surface area (Å²) in [4.78, 5) is 15.6. The third kappa shape index (κ3) is 6.10. The minimum Gasteiger partial charge on any atom is -0.350 e. The molecule has 0 atom stereocenters. The van der Waals surface area contributed by atoms with Crippen molar-refractivity contribution >= 4 is 21.6 Å². The highest BCUT2D eigenvalue weighted by molar-refractivity contribution is 7.92. The van der Waals surface area contributed by atoms with Gasteiger partial charge >= 0.3 is 0 Å². The SMILES string of the molecule is Cc1cccc(N(CC(=O)NCc2ccc(CN3CCCC3)cc2)S(=O)(=O)c2ccccc2)c1C. The molecule has 1 heterocycles. The highest BCUT2D eigenvalue weighted by Gasteiger charge is 2.28. The molecule has 35 heavy (non-hydrogen) atoms. The molecule has 4 rings (SSSR count). The number of carbonyl (C=O) groups is 1. The first-order valence-corrected chi connectivity index (χ1v) is 13.5. The van der Waals surface area contributed by atoms with E-state index in [1.807, 2.05) is 38.1 Å². The topological polar surface area (TPSA) is 69.7 Å². The van der Waals surface area contributed by atoms with E-state index in [0.29, 0.717) is 12.2 Å². The first-order chi connectivity index (χ1) is 16.8. The molecule has 1 saturated heterocycles. The van der Waals surface area contributed by atoms with E-state index in [-0.39, 0.29) is 17.3 Å². The molecular weight excluding hydrogens is 458 g/mol. The van der Waals surface area contributed by atoms with E-state index in [4.69, 9.17) is 0 Å². The van der Waals surface area contributed by atoms with Gasteiger partial charge in [0, 0.05) is 13.1 Å². The van der Waals surface area contributed by atoms with Gasteiger partial charge in [-0.15, -0.1) is 0 Å². The van der Waals surface area contributed by atoms with Crippen LogP contribution in [0.4, 0.5) is 5.69 Å². The zero-order valence-corrected chi connectivity index (χ0v) is 21.2. The normalized spacial score (nSPS) is 14.1. The molecule has 0 aromatic heterocycles. The number of nitrogens with zero attached hydrogens (tertiary/aromatic N) is 2. The van der Waals surface area contributed by atoms with Crippen molar-refractivity contribution in [1.82, 2.24) is 10.2 Å². The van der Waals surface area contributed by atoms with Crippen molar-refractivity contribution in [3.63, 3.8) is 0 Å². The van der Waals surface area contributed by atoms with E-state index in [1.54, 1.807) is 36.4 Å². The summed E-state index contributed by atoms with van der Waals surface area (Å²) < 4.78 is 28.3. The molecule has 3 aromatic rings. The molecule has 1 amide bonds. The minimum atomic E-state index is -3.92. The van der Waals surface area contributed by atoms with Gasteiger partial charge in [-0.25, -0.2) is 8.42 Å². The van der Waals surface area contributed by atoms with Gasteiger partial charge in [0.2, 0.25) is 5.91 Å². The first kappa shape index (κ1) is 24.9. The van der Waals surface area contributed by atoms with Gasteiger partial charge in [0.15, 0.2) is 0 Å². The molecule has 1 aliphatic rings. The predicted octanol–water partition coefficient (Wildman–Crippen LogP) is 4.41. The largest absolute Gasteiger partial charge is 0.350 e. The number of amides is 1. The summed E-state index contributed by atoms with van der Waals surface area (Å²) in [6, 6.07) is 22.0. The molecule has 1 aliphatic heterocycles. The summed E-state index contributed by atoms with van der Waals surface area (Å²) in [6.07, 6.45) is 2.53. The van der Waals surface area contributed by atoms with E-state index in [1.165, 1.54) is 22.7 Å². The molecule has 0 spiro atoms. The molecular formula is C28H33N3O3S. The Morgan fingerprint density at radius 1 is 0.886 bits per heavy atom. The Kier molecular flexibility index (Phi) is 7.88. The highest BCUT2D eigenvalue weighted by atomic mass is 32.2. The van der Waals surface area contributed by atoms with Crippen LogP contribution in [0.15, 0.2) is 77.7 Å². The van der Waals surface area contributed by atoms with Crippen LogP contribution in [0.2, 0.25) is 0 Å². The smallest absolute Gasteiger partial charge is 0.264 e. The molecule has 1 N–H and O–H groups in total. The van der Waals surface area contributed by atoms with Gasteiger partial charge in [0.05, 0.1) is 10.6 Å². The van der Waals surface area contributed by atoms with Crippen LogP contribution in [-0.2, 0) is 27.9 Å². The average molecular weight is 492 g/mol. The number of nitrogens with one attached hydrogen (secondary N) is 1. The number of rotatable bonds is 9. The number of hydrogen-bond donors (Lipinski definition) is 1. The quantitative estimate of drug-likeness (QED) is 0.481. The van der Waals surface area contributed by atoms with Gasteiger partial charge in [-0.2, -0.15) is 0 Å². The lowest BCUT2D eigenvalue weighted by atomic mass is 10.1. The Morgan fingerprint density at radius 2 is 1.54 bits per heavy atom. The molecule has 0 saturated carbocycles. The van der Waals surface area contributed by atoms with Crippen LogP contribution in [0.25, 0.3) is 0 Å². The molecule has 0 radical (unpaired) electrons. The van der Waals surface area contributed by atoms with Crippen molar-refractivity contribution in [1.29, 1.82) is 0 Å². The van der Waals surface area contributed by atoms with Crippen LogP contribution < -0.4 is 9.62 Å². The zero-order valence-electron chi connectivity index (χ0n) is 20.4. The highest BCUT2D eigenvalue weighted by Crippen LogP contribution is 2.28. The number of carbonyl (C=O) groups excluding carboxylic acids is 1. The van der Waals surface area contributed by atoms with Gasteiger partial charge in [0.25, 0.3) is 10.0 Å². The van der Waals surface area contributed by atoms with Gasteiger partial charge < -0.3 is 5.32 Å². The number of aryl methyl sites for hydroxylation is 1. The molecule has 0 aliphatic carbocycles. The number of hydrogen-bond acceptors (Lipinski definition) is 4. The Labute approximate surface area is 208 Å². The Bertz CT molecular complexity index is 1250. The second kappa shape index (κ2) is 11.1. The summed E-state index contributed by atoms with van der Waals surface area (Å²) in [6.45, 7) is 7.11. The molecule has 7 heteroatoms. The molecule has 6 nitrogen and oxygen atoms in total. The maximum absolute atomic E-state index is 13.5. The first-order valence-electron chi connectivity index (χ1n) is 12.1. The zero-order chi connectivity index (χ0) is 24.8. The van der Waals surface area contributed by atoms with Crippen molar-refractivity contribution in [2.24, 2.45) is 0 Å². The molecule has 3 aromatic carbocycles. The van der Waals surface area contributed by atoms with Gasteiger partial charge in [-0.3, -0.25) is 14.0 Å². The van der Waals surface area contributed by atoms with Gasteiger partial charge in [-0.05, 0) is 80.2 Å². The van der Waals surface area contributed by atoms with Crippen molar-refractivity contribution in [3.8, 4) is 0 Å². The van der Waals surface area contributed by atoms with Crippen molar-refractivity contribution in [2.45, 2.75) is 44.7 Å². The molecule has 1 fully saturated rings. The van der Waals surface area contributed by atoms with E-state index >= 15 is 0 Å². The van der Waals surface area contributed by atoms with Crippen LogP contribution in [0.5, 0.6) is 0 Å². The fraction of sp³-hybridized carbons (Fsp3) is 0.321. The summed E-state index contributed by atoms with van der Waals surface area (Å²) in [7, 11) is -3.92. The number of likely N-dealkylation sites (tertiary alicyclic amines) is 1. The van der Waals surface area contributed by atoms with E-state index in [2.05, 4.69) is 22.3 Å². The standard InChI is InChI=1S/C28H33N3O3S/c1-22-9-8-12-27(23(22)2)31(35(33,34)26-10-4-3-5-11-26)21-28(32)29-19-24-13-15-25(16-14-24)20-30-17-6-7-18-30/h3-5,8-16H,6-7,17-21H2,1-2H3,(H,29,32). The second-order valence-corrected chi connectivity index (χ2v) is 11.0. The predicted molar refractivity (Wildman–Crippen MR) is 140 cm³/mol. The van der Waals surface area contributed by atoms with Crippen molar-refractivity contribution in [3.05, 3.63) is 95.1 Å². The van der Waals surface area contributed by atoms with Gasteiger partial charge in [-0.1, -0.05) is 54.6 Å². The maximum atomic E-state index is 13.5. The Hall–Kier alpha value is -3.16. The van der Waals surface area contributed by atoms with Gasteiger partial charge in [0.1, 0.15) is 6.54 Å². The third-order valence-corrected chi connectivity index (χ3v) is 8.35. The van der Waals surface area contributed by atoms with Crippen LogP contribution in [0.1, 0.15) is 35.1 Å². The van der Waals surface area contributed by atoms with Crippen LogP contribution in [0, 0.1) is 13.8 Å². The Morgan fingerprint density at radius 3 is 2.23 bits per heavy atom. The molecule has 0 unspecified atom stereocenters. The Balaban J connectivity index is 1.47. The molecule has 184 valence electrons. The third-order valence-electron chi connectivity index (χ3n) is 6.58. The monoisotopic (exact) mass is 491 g/mol. The lowest BCUT2D eigenvalue weighted by molar-refractivity contribution is -0.119. The summed E-state index contributed by atoms with van der Waals surface area (Å²) >= 11 is 0.